The third-order valence-corrected chi connectivity index (χ3v) is 2.30. The maximum atomic E-state index is 11.3. The minimum Gasteiger partial charge on any atom is -0.463 e. The van der Waals surface area contributed by atoms with Crippen molar-refractivity contribution < 1.29 is 28.6 Å². The summed E-state index contributed by atoms with van der Waals surface area (Å²) in [7, 11) is 1.76. The zero-order valence-electron chi connectivity index (χ0n) is 13.1. The van der Waals surface area contributed by atoms with Crippen LogP contribution in [-0.2, 0) is 28.6 Å². The third-order valence-electron chi connectivity index (χ3n) is 2.30. The van der Waals surface area contributed by atoms with Crippen molar-refractivity contribution in [3.8, 4) is 0 Å². The average Bonchev–Trinajstić information content (AvgIpc) is 2.46. The van der Waals surface area contributed by atoms with Crippen LogP contribution in [0.1, 0.15) is 13.3 Å². The summed E-state index contributed by atoms with van der Waals surface area (Å²) in [6.45, 7) is 6.58. The molecule has 1 amide bonds. The third kappa shape index (κ3) is 11.9. The van der Waals surface area contributed by atoms with Crippen molar-refractivity contribution in [2.45, 2.75) is 13.3 Å². The number of rotatable bonds is 12. The molecule has 0 aromatic carbocycles. The Kier molecular flexibility index (Phi) is 11.7. The van der Waals surface area contributed by atoms with Gasteiger partial charge in [-0.2, -0.15) is 0 Å². The van der Waals surface area contributed by atoms with Gasteiger partial charge in [0.15, 0.2) is 0 Å². The first kappa shape index (κ1) is 20.1. The molecule has 2 N–H and O–H groups in total. The Labute approximate surface area is 130 Å². The number of hydrogen-bond acceptors (Lipinski definition) is 7. The Hall–Kier alpha value is -1.93. The van der Waals surface area contributed by atoms with Gasteiger partial charge in [0, 0.05) is 18.7 Å². The van der Waals surface area contributed by atoms with Crippen LogP contribution < -0.4 is 10.6 Å². The van der Waals surface area contributed by atoms with Gasteiger partial charge in [0.05, 0.1) is 13.2 Å². The maximum absolute atomic E-state index is 11.3. The molecule has 0 heterocycles. The molecule has 0 saturated heterocycles. The second-order valence-electron chi connectivity index (χ2n) is 4.38. The molecular weight excluding hydrogens is 292 g/mol. The van der Waals surface area contributed by atoms with Crippen LogP contribution in [0.3, 0.4) is 0 Å². The number of likely N-dealkylation sites (N-methyl/N-ethyl adjacent to an activating group) is 1. The number of ether oxygens (including phenoxy) is 3. The lowest BCUT2D eigenvalue weighted by molar-refractivity contribution is -0.148. The van der Waals surface area contributed by atoms with E-state index in [1.165, 1.54) is 0 Å². The summed E-state index contributed by atoms with van der Waals surface area (Å²) < 4.78 is 14.7. The van der Waals surface area contributed by atoms with Gasteiger partial charge < -0.3 is 24.8 Å². The highest BCUT2D eigenvalue weighted by Gasteiger charge is 2.09. The first-order valence-electron chi connectivity index (χ1n) is 6.94. The molecule has 8 heteroatoms. The molecule has 22 heavy (non-hydrogen) atoms. The van der Waals surface area contributed by atoms with Gasteiger partial charge in [-0.05, 0) is 14.0 Å². The molecule has 0 rings (SSSR count). The lowest BCUT2D eigenvalue weighted by atomic mass is 10.4. The molecule has 0 saturated carbocycles. The zero-order chi connectivity index (χ0) is 16.8. The molecule has 0 aromatic heterocycles. The topological polar surface area (TPSA) is 103 Å². The predicted octanol–water partition coefficient (Wildman–Crippen LogP) is -0.609. The van der Waals surface area contributed by atoms with Gasteiger partial charge in [-0.25, -0.2) is 4.79 Å². The Morgan fingerprint density at radius 1 is 1.00 bits per heavy atom. The largest absolute Gasteiger partial charge is 0.463 e. The minimum absolute atomic E-state index is 0.0388. The summed E-state index contributed by atoms with van der Waals surface area (Å²) >= 11 is 0. The van der Waals surface area contributed by atoms with Crippen molar-refractivity contribution >= 4 is 17.8 Å². The van der Waals surface area contributed by atoms with Gasteiger partial charge in [0.1, 0.15) is 19.6 Å². The van der Waals surface area contributed by atoms with E-state index in [0.717, 1.165) is 0 Å². The molecule has 0 unspecified atom stereocenters. The Morgan fingerprint density at radius 2 is 1.64 bits per heavy atom. The lowest BCUT2D eigenvalue weighted by Crippen LogP contribution is -2.32. The predicted molar refractivity (Wildman–Crippen MR) is 79.1 cm³/mol. The minimum atomic E-state index is -0.612. The van der Waals surface area contributed by atoms with E-state index in [1.54, 1.807) is 14.0 Å². The van der Waals surface area contributed by atoms with Gasteiger partial charge in [0.2, 0.25) is 5.91 Å². The van der Waals surface area contributed by atoms with Crippen LogP contribution >= 0.6 is 0 Å². The normalized spacial score (nSPS) is 9.91. The van der Waals surface area contributed by atoms with Crippen LogP contribution in [-0.4, -0.2) is 64.4 Å². The molecule has 0 aliphatic heterocycles. The number of hydrogen-bond donors (Lipinski definition) is 2. The number of esters is 2. The lowest BCUT2D eigenvalue weighted by Gasteiger charge is -2.07. The Balaban J connectivity index is 3.47. The molecule has 0 atom stereocenters. The molecule has 126 valence electrons. The van der Waals surface area contributed by atoms with Crippen molar-refractivity contribution in [2.24, 2.45) is 0 Å². The fourth-order valence-electron chi connectivity index (χ4n) is 1.20. The Morgan fingerprint density at radius 3 is 2.23 bits per heavy atom. The summed E-state index contributed by atoms with van der Waals surface area (Å²) in [4.78, 5) is 33.6. The molecule has 0 radical (unpaired) electrons. The fraction of sp³-hybridized carbons (Fsp3) is 0.643. The average molecular weight is 316 g/mol. The van der Waals surface area contributed by atoms with Gasteiger partial charge in [-0.3, -0.25) is 9.59 Å². The van der Waals surface area contributed by atoms with Crippen LogP contribution in [0.2, 0.25) is 0 Å². The van der Waals surface area contributed by atoms with Crippen molar-refractivity contribution in [1.29, 1.82) is 0 Å². The smallest absolute Gasteiger partial charge is 0.333 e. The van der Waals surface area contributed by atoms with E-state index in [-0.39, 0.29) is 38.8 Å². The summed E-state index contributed by atoms with van der Waals surface area (Å²) in [5.41, 5.74) is 0.321. The van der Waals surface area contributed by atoms with E-state index in [1.807, 2.05) is 0 Å². The highest BCUT2D eigenvalue weighted by atomic mass is 16.6. The van der Waals surface area contributed by atoms with E-state index in [0.29, 0.717) is 18.7 Å². The maximum Gasteiger partial charge on any atom is 0.333 e. The number of carbonyl (C=O) groups excluding carboxylic acids is 3. The number of carbonyl (C=O) groups is 3. The SMILES string of the molecule is C=C(C)C(=O)OCCOCCOC(=O)CC(=O)NCCNC. The van der Waals surface area contributed by atoms with E-state index >= 15 is 0 Å². The molecule has 8 nitrogen and oxygen atoms in total. The second kappa shape index (κ2) is 12.8. The molecule has 0 spiro atoms. The summed E-state index contributed by atoms with van der Waals surface area (Å²) in [5.74, 6) is -1.47. The molecular formula is C14H24N2O6. The number of nitrogens with one attached hydrogen (secondary N) is 2. The molecule has 0 aromatic rings. The monoisotopic (exact) mass is 316 g/mol. The van der Waals surface area contributed by atoms with E-state index in [2.05, 4.69) is 17.2 Å². The highest BCUT2D eigenvalue weighted by molar-refractivity contribution is 5.94. The van der Waals surface area contributed by atoms with Crippen molar-refractivity contribution in [3.05, 3.63) is 12.2 Å². The summed E-state index contributed by atoms with van der Waals surface area (Å²) in [6, 6.07) is 0. The first-order chi connectivity index (χ1) is 10.5. The van der Waals surface area contributed by atoms with E-state index < -0.39 is 11.9 Å². The van der Waals surface area contributed by atoms with Crippen LogP contribution in [0.25, 0.3) is 0 Å². The van der Waals surface area contributed by atoms with Crippen LogP contribution in [0, 0.1) is 0 Å². The van der Waals surface area contributed by atoms with Crippen LogP contribution in [0.4, 0.5) is 0 Å². The van der Waals surface area contributed by atoms with Crippen LogP contribution in [0.5, 0.6) is 0 Å². The molecule has 0 bridgehead atoms. The first-order valence-corrected chi connectivity index (χ1v) is 6.94. The molecule has 0 aliphatic rings. The van der Waals surface area contributed by atoms with Gasteiger partial charge in [0.25, 0.3) is 0 Å². The highest BCUT2D eigenvalue weighted by Crippen LogP contribution is 1.92. The van der Waals surface area contributed by atoms with E-state index in [9.17, 15) is 14.4 Å². The van der Waals surface area contributed by atoms with Gasteiger partial charge in [-0.1, -0.05) is 6.58 Å². The van der Waals surface area contributed by atoms with Crippen LogP contribution in [0.15, 0.2) is 12.2 Å². The molecule has 0 aliphatic carbocycles. The van der Waals surface area contributed by atoms with Gasteiger partial charge in [-0.15, -0.1) is 0 Å². The summed E-state index contributed by atoms with van der Waals surface area (Å²) in [6.07, 6.45) is -0.320. The quantitative estimate of drug-likeness (QED) is 0.214. The standard InChI is InChI=1S/C14H24N2O6/c1-11(2)14(19)22-9-7-20-6-8-21-13(18)10-12(17)16-5-4-15-3/h15H,1,4-10H2,2-3H3,(H,16,17). The number of amides is 1. The van der Waals surface area contributed by atoms with Crippen molar-refractivity contribution in [1.82, 2.24) is 10.6 Å². The van der Waals surface area contributed by atoms with Crippen molar-refractivity contribution in [3.63, 3.8) is 0 Å². The second-order valence-corrected chi connectivity index (χ2v) is 4.38. The summed E-state index contributed by atoms with van der Waals surface area (Å²) in [5, 5.41) is 5.43. The van der Waals surface area contributed by atoms with E-state index in [4.69, 9.17) is 14.2 Å². The van der Waals surface area contributed by atoms with Crippen molar-refractivity contribution in [2.75, 3.05) is 46.6 Å². The fourth-order valence-corrected chi connectivity index (χ4v) is 1.20. The zero-order valence-corrected chi connectivity index (χ0v) is 13.1. The Bertz CT molecular complexity index is 384. The molecule has 0 fully saturated rings. The van der Waals surface area contributed by atoms with Gasteiger partial charge >= 0.3 is 11.9 Å².